The predicted octanol–water partition coefficient (Wildman–Crippen LogP) is 3.52. The number of aryl methyl sites for hydroxylation is 2. The van der Waals surface area contributed by atoms with Gasteiger partial charge in [0.05, 0.1) is 11.1 Å². The highest BCUT2D eigenvalue weighted by Crippen LogP contribution is 2.19. The molecule has 0 atom stereocenters. The van der Waals surface area contributed by atoms with Crippen LogP contribution in [-0.4, -0.2) is 22.2 Å². The second-order valence-electron chi connectivity index (χ2n) is 4.57. The van der Waals surface area contributed by atoms with Crippen LogP contribution in [0.3, 0.4) is 0 Å². The number of carboxylic acid groups (broad SMARTS) is 2. The van der Waals surface area contributed by atoms with Crippen LogP contribution < -0.4 is 0 Å². The van der Waals surface area contributed by atoms with Gasteiger partial charge in [-0.3, -0.25) is 0 Å². The first kappa shape index (κ1) is 15.1. The van der Waals surface area contributed by atoms with Crippen molar-refractivity contribution in [3.05, 3.63) is 69.7 Å². The van der Waals surface area contributed by atoms with Crippen molar-refractivity contribution in [3.8, 4) is 0 Å². The van der Waals surface area contributed by atoms with E-state index in [1.54, 1.807) is 12.1 Å². The third kappa shape index (κ3) is 3.61. The van der Waals surface area contributed by atoms with Crippen LogP contribution in [0.15, 0.2) is 42.5 Å². The van der Waals surface area contributed by atoms with Crippen molar-refractivity contribution < 1.29 is 19.8 Å². The average Bonchev–Trinajstić information content (AvgIpc) is 2.46. The summed E-state index contributed by atoms with van der Waals surface area (Å²) in [5, 5.41) is 18.8. The van der Waals surface area contributed by atoms with Gasteiger partial charge in [0.25, 0.3) is 0 Å². The van der Waals surface area contributed by atoms with Gasteiger partial charge in [0.1, 0.15) is 0 Å². The molecule has 0 fully saturated rings. The lowest BCUT2D eigenvalue weighted by Crippen LogP contribution is -2.07. The minimum atomic E-state index is -1.14. The Bertz CT molecular complexity index is 694. The number of aromatic carboxylic acids is 2. The molecule has 108 valence electrons. The summed E-state index contributed by atoms with van der Waals surface area (Å²) in [6.45, 7) is 0. The van der Waals surface area contributed by atoms with Gasteiger partial charge in [-0.15, -0.1) is 0 Å². The first-order valence-corrected chi connectivity index (χ1v) is 6.69. The summed E-state index contributed by atoms with van der Waals surface area (Å²) in [5.74, 6) is -2.28. The van der Waals surface area contributed by atoms with Crippen molar-refractivity contribution in [2.75, 3.05) is 0 Å². The number of carbonyl (C=O) groups is 2. The van der Waals surface area contributed by atoms with Gasteiger partial charge in [-0.05, 0) is 42.2 Å². The van der Waals surface area contributed by atoms with Crippen molar-refractivity contribution in [2.45, 2.75) is 12.8 Å². The molecule has 0 saturated heterocycles. The number of hydrogen-bond acceptors (Lipinski definition) is 2. The van der Waals surface area contributed by atoms with Crippen LogP contribution >= 0.6 is 11.6 Å². The summed E-state index contributed by atoms with van der Waals surface area (Å²) in [4.78, 5) is 22.2. The highest BCUT2D eigenvalue weighted by Gasteiger charge is 2.14. The minimum Gasteiger partial charge on any atom is -0.478 e. The molecule has 0 aliphatic heterocycles. The van der Waals surface area contributed by atoms with Crippen LogP contribution in [0, 0.1) is 0 Å². The van der Waals surface area contributed by atoms with E-state index in [-0.39, 0.29) is 11.1 Å². The highest BCUT2D eigenvalue weighted by atomic mass is 35.5. The first-order valence-electron chi connectivity index (χ1n) is 6.32. The Morgan fingerprint density at radius 3 is 2.19 bits per heavy atom. The van der Waals surface area contributed by atoms with Gasteiger partial charge < -0.3 is 10.2 Å². The zero-order chi connectivity index (χ0) is 15.4. The molecule has 0 aliphatic rings. The predicted molar refractivity (Wildman–Crippen MR) is 79.2 cm³/mol. The van der Waals surface area contributed by atoms with Crippen molar-refractivity contribution >= 4 is 23.5 Å². The number of halogens is 1. The third-order valence-corrected chi connectivity index (χ3v) is 3.58. The summed E-state index contributed by atoms with van der Waals surface area (Å²) in [7, 11) is 0. The molecule has 0 amide bonds. The summed E-state index contributed by atoms with van der Waals surface area (Å²) in [6, 6.07) is 11.5. The standard InChI is InChI=1S/C16H13ClO4/c17-14-4-2-1-3-11(14)7-5-10-6-8-12(15(18)19)9-13(10)16(20)21/h1-4,6,8-9H,5,7H2,(H,18,19)(H,20,21). The van der Waals surface area contributed by atoms with Crippen molar-refractivity contribution in [1.82, 2.24) is 0 Å². The van der Waals surface area contributed by atoms with E-state index in [1.807, 2.05) is 18.2 Å². The van der Waals surface area contributed by atoms with Gasteiger partial charge in [-0.1, -0.05) is 35.9 Å². The fraction of sp³-hybridized carbons (Fsp3) is 0.125. The first-order chi connectivity index (χ1) is 9.99. The molecular weight excluding hydrogens is 292 g/mol. The monoisotopic (exact) mass is 304 g/mol. The summed E-state index contributed by atoms with van der Waals surface area (Å²) < 4.78 is 0. The van der Waals surface area contributed by atoms with Crippen LogP contribution in [0.2, 0.25) is 5.02 Å². The van der Waals surface area contributed by atoms with E-state index < -0.39 is 11.9 Å². The zero-order valence-corrected chi connectivity index (χ0v) is 11.8. The van der Waals surface area contributed by atoms with E-state index in [2.05, 4.69) is 0 Å². The Morgan fingerprint density at radius 1 is 0.905 bits per heavy atom. The molecule has 2 rings (SSSR count). The molecule has 0 aliphatic carbocycles. The Kier molecular flexibility index (Phi) is 4.60. The molecule has 0 bridgehead atoms. The largest absolute Gasteiger partial charge is 0.478 e. The van der Waals surface area contributed by atoms with Crippen LogP contribution in [0.25, 0.3) is 0 Å². The Balaban J connectivity index is 2.26. The normalized spacial score (nSPS) is 10.3. The molecule has 0 saturated carbocycles. The van der Waals surface area contributed by atoms with Gasteiger partial charge in [0, 0.05) is 5.02 Å². The number of rotatable bonds is 5. The summed E-state index contributed by atoms with van der Waals surface area (Å²) >= 11 is 6.07. The Labute approximate surface area is 126 Å². The molecule has 2 aromatic rings. The van der Waals surface area contributed by atoms with Crippen molar-refractivity contribution in [2.24, 2.45) is 0 Å². The lowest BCUT2D eigenvalue weighted by Gasteiger charge is -2.08. The maximum Gasteiger partial charge on any atom is 0.335 e. The van der Waals surface area contributed by atoms with E-state index >= 15 is 0 Å². The average molecular weight is 305 g/mol. The molecular formula is C16H13ClO4. The van der Waals surface area contributed by atoms with Gasteiger partial charge in [0.2, 0.25) is 0 Å². The lowest BCUT2D eigenvalue weighted by molar-refractivity contribution is 0.0695. The van der Waals surface area contributed by atoms with E-state index in [9.17, 15) is 14.7 Å². The fourth-order valence-electron chi connectivity index (χ4n) is 2.10. The molecule has 21 heavy (non-hydrogen) atoms. The molecule has 2 aromatic carbocycles. The Morgan fingerprint density at radius 2 is 1.57 bits per heavy atom. The number of benzene rings is 2. The van der Waals surface area contributed by atoms with Crippen LogP contribution in [0.4, 0.5) is 0 Å². The highest BCUT2D eigenvalue weighted by molar-refractivity contribution is 6.31. The zero-order valence-electron chi connectivity index (χ0n) is 11.0. The molecule has 5 heteroatoms. The van der Waals surface area contributed by atoms with Crippen LogP contribution in [0.1, 0.15) is 31.8 Å². The van der Waals surface area contributed by atoms with Crippen molar-refractivity contribution in [3.63, 3.8) is 0 Å². The molecule has 0 radical (unpaired) electrons. The van der Waals surface area contributed by atoms with Crippen molar-refractivity contribution in [1.29, 1.82) is 0 Å². The molecule has 0 spiro atoms. The lowest BCUT2D eigenvalue weighted by atomic mass is 9.98. The Hall–Kier alpha value is -2.33. The van der Waals surface area contributed by atoms with Gasteiger partial charge in [-0.2, -0.15) is 0 Å². The molecule has 0 unspecified atom stereocenters. The topological polar surface area (TPSA) is 74.6 Å². The van der Waals surface area contributed by atoms with E-state index in [4.69, 9.17) is 16.7 Å². The van der Waals surface area contributed by atoms with E-state index in [0.717, 1.165) is 5.56 Å². The van der Waals surface area contributed by atoms with Gasteiger partial charge in [0.15, 0.2) is 0 Å². The molecule has 0 heterocycles. The molecule has 0 aromatic heterocycles. The minimum absolute atomic E-state index is 0.0157. The summed E-state index contributed by atoms with van der Waals surface area (Å²) in [5.41, 5.74) is 1.50. The fourth-order valence-corrected chi connectivity index (χ4v) is 2.33. The third-order valence-electron chi connectivity index (χ3n) is 3.21. The van der Waals surface area contributed by atoms with Gasteiger partial charge in [-0.25, -0.2) is 9.59 Å². The number of carboxylic acids is 2. The maximum absolute atomic E-state index is 11.3. The van der Waals surface area contributed by atoms with Crippen LogP contribution in [-0.2, 0) is 12.8 Å². The van der Waals surface area contributed by atoms with E-state index in [0.29, 0.717) is 23.4 Å². The second kappa shape index (κ2) is 6.41. The maximum atomic E-state index is 11.3. The second-order valence-corrected chi connectivity index (χ2v) is 4.98. The van der Waals surface area contributed by atoms with E-state index in [1.165, 1.54) is 12.1 Å². The smallest absolute Gasteiger partial charge is 0.335 e. The van der Waals surface area contributed by atoms with Crippen LogP contribution in [0.5, 0.6) is 0 Å². The molecule has 4 nitrogen and oxygen atoms in total. The number of hydrogen-bond donors (Lipinski definition) is 2. The summed E-state index contributed by atoms with van der Waals surface area (Å²) in [6.07, 6.45) is 1.07. The SMILES string of the molecule is O=C(O)c1ccc(CCc2ccccc2Cl)c(C(=O)O)c1. The quantitative estimate of drug-likeness (QED) is 0.886. The molecule has 2 N–H and O–H groups in total. The van der Waals surface area contributed by atoms with Gasteiger partial charge >= 0.3 is 11.9 Å².